The van der Waals surface area contributed by atoms with Crippen molar-refractivity contribution < 1.29 is 13.6 Å². The molecule has 1 saturated heterocycles. The third-order valence-electron chi connectivity index (χ3n) is 6.86. The number of fused-ring (bicyclic) bond motifs is 3. The molecule has 2 aliphatic heterocycles. The molecule has 1 aromatic carbocycles. The molecule has 1 N–H and O–H groups in total. The number of H-pyrrole nitrogens is 1. The fourth-order valence-electron chi connectivity index (χ4n) is 5.18. The molecule has 0 bridgehead atoms. The maximum absolute atomic E-state index is 13.5. The van der Waals surface area contributed by atoms with E-state index in [9.17, 15) is 13.6 Å². The van der Waals surface area contributed by atoms with E-state index in [1.807, 2.05) is 30.0 Å². The Morgan fingerprint density at radius 1 is 1.19 bits per heavy atom. The van der Waals surface area contributed by atoms with Crippen LogP contribution in [0.2, 0.25) is 0 Å². The van der Waals surface area contributed by atoms with Crippen LogP contribution in [0, 0.1) is 5.92 Å². The monoisotopic (exact) mass is 439 g/mol. The average Bonchev–Trinajstić information content (AvgIpc) is 3.17. The van der Waals surface area contributed by atoms with E-state index in [2.05, 4.69) is 25.9 Å². The number of aromatic amines is 1. The summed E-state index contributed by atoms with van der Waals surface area (Å²) in [5.74, 6) is 0.733. The highest BCUT2D eigenvalue weighted by atomic mass is 19.3. The molecule has 0 saturated carbocycles. The minimum Gasteiger partial charge on any atom is -0.357 e. The Morgan fingerprint density at radius 2 is 1.91 bits per heavy atom. The van der Waals surface area contributed by atoms with Gasteiger partial charge in [-0.05, 0) is 37.8 Å². The Bertz CT molecular complexity index is 1090. The largest absolute Gasteiger partial charge is 0.357 e. The van der Waals surface area contributed by atoms with Gasteiger partial charge >= 0.3 is 0 Å². The number of nitrogens with zero attached hydrogens (tertiary/aromatic N) is 4. The first kappa shape index (κ1) is 21.0. The lowest BCUT2D eigenvalue weighted by Gasteiger charge is -2.40. The van der Waals surface area contributed by atoms with Gasteiger partial charge in [0.05, 0.1) is 12.6 Å². The Labute approximate surface area is 185 Å². The Hall–Kier alpha value is -2.87. The number of aromatic nitrogens is 3. The van der Waals surface area contributed by atoms with Crippen LogP contribution in [0.1, 0.15) is 42.6 Å². The molecule has 4 heterocycles. The number of benzene rings is 1. The van der Waals surface area contributed by atoms with E-state index in [-0.39, 0.29) is 24.5 Å². The summed E-state index contributed by atoms with van der Waals surface area (Å²) < 4.78 is 27.0. The van der Waals surface area contributed by atoms with E-state index >= 15 is 0 Å². The molecule has 8 heteroatoms. The molecule has 1 fully saturated rings. The van der Waals surface area contributed by atoms with Gasteiger partial charge in [-0.25, -0.2) is 18.7 Å². The van der Waals surface area contributed by atoms with E-state index in [1.54, 1.807) is 12.4 Å². The minimum atomic E-state index is -2.43. The predicted octanol–water partition coefficient (Wildman–Crippen LogP) is 3.97. The standard InChI is InChI=1S/C24H27F2N5O/c1-15-10-19-18-4-2-3-5-20(18)29-22(19)23(31(15)13-21(25)26)17-11-27-24(28-12-17)30-8-6-16(14-32)7-9-30/h2-5,11-12,14-16,21,23,29H,6-10,13H2,1H3/t15-,23-/m1/s1. The van der Waals surface area contributed by atoms with Crippen molar-refractivity contribution in [1.82, 2.24) is 19.9 Å². The molecule has 6 nitrogen and oxygen atoms in total. The van der Waals surface area contributed by atoms with Crippen molar-refractivity contribution in [1.29, 1.82) is 0 Å². The quantitative estimate of drug-likeness (QED) is 0.610. The van der Waals surface area contributed by atoms with Crippen molar-refractivity contribution in [2.45, 2.75) is 44.7 Å². The van der Waals surface area contributed by atoms with Crippen LogP contribution in [0.4, 0.5) is 14.7 Å². The van der Waals surface area contributed by atoms with Gasteiger partial charge in [-0.3, -0.25) is 4.90 Å². The molecule has 168 valence electrons. The molecule has 2 aliphatic rings. The predicted molar refractivity (Wildman–Crippen MR) is 119 cm³/mol. The lowest BCUT2D eigenvalue weighted by atomic mass is 9.89. The van der Waals surface area contributed by atoms with Crippen molar-refractivity contribution in [3.8, 4) is 0 Å². The van der Waals surface area contributed by atoms with Crippen LogP contribution in [-0.4, -0.2) is 58.2 Å². The number of halogens is 2. The minimum absolute atomic E-state index is 0.0391. The SMILES string of the molecule is C[C@@H]1Cc2c([nH]c3ccccc23)[C@@H](c2cnc(N3CCC(C=O)CC3)nc2)N1CC(F)F. The number of rotatable bonds is 5. The molecule has 0 aliphatic carbocycles. The molecule has 0 unspecified atom stereocenters. The van der Waals surface area contributed by atoms with Gasteiger partial charge in [-0.1, -0.05) is 18.2 Å². The topological polar surface area (TPSA) is 65.1 Å². The summed E-state index contributed by atoms with van der Waals surface area (Å²) in [4.78, 5) is 27.6. The van der Waals surface area contributed by atoms with Gasteiger partial charge in [0.2, 0.25) is 5.95 Å². The highest BCUT2D eigenvalue weighted by Gasteiger charge is 2.37. The second-order valence-corrected chi connectivity index (χ2v) is 8.88. The van der Waals surface area contributed by atoms with Crippen molar-refractivity contribution in [2.75, 3.05) is 24.5 Å². The Balaban J connectivity index is 1.50. The van der Waals surface area contributed by atoms with Crippen molar-refractivity contribution in [3.05, 3.63) is 53.5 Å². The normalized spacial score (nSPS) is 22.4. The molecule has 0 radical (unpaired) electrons. The maximum atomic E-state index is 13.5. The Kier molecular flexibility index (Phi) is 5.63. The highest BCUT2D eigenvalue weighted by molar-refractivity contribution is 5.85. The molecule has 0 spiro atoms. The second-order valence-electron chi connectivity index (χ2n) is 8.88. The summed E-state index contributed by atoms with van der Waals surface area (Å²) in [7, 11) is 0. The van der Waals surface area contributed by atoms with Crippen LogP contribution in [0.25, 0.3) is 10.9 Å². The van der Waals surface area contributed by atoms with Crippen molar-refractivity contribution in [3.63, 3.8) is 0 Å². The van der Waals surface area contributed by atoms with Crippen LogP contribution in [0.3, 0.4) is 0 Å². The zero-order valence-electron chi connectivity index (χ0n) is 18.0. The molecule has 0 amide bonds. The van der Waals surface area contributed by atoms with E-state index in [0.717, 1.165) is 54.4 Å². The number of piperidine rings is 1. The number of anilines is 1. The van der Waals surface area contributed by atoms with Crippen LogP contribution in [-0.2, 0) is 11.2 Å². The molecular weight excluding hydrogens is 412 g/mol. The van der Waals surface area contributed by atoms with Crippen LogP contribution in [0.15, 0.2) is 36.7 Å². The zero-order chi connectivity index (χ0) is 22.2. The molecule has 2 atom stereocenters. The third kappa shape index (κ3) is 3.77. The summed E-state index contributed by atoms with van der Waals surface area (Å²) in [5, 5.41) is 1.15. The zero-order valence-corrected chi connectivity index (χ0v) is 18.0. The summed E-state index contributed by atoms with van der Waals surface area (Å²) in [6, 6.07) is 7.70. The Morgan fingerprint density at radius 3 is 2.59 bits per heavy atom. The van der Waals surface area contributed by atoms with Gasteiger partial charge < -0.3 is 14.7 Å². The summed E-state index contributed by atoms with van der Waals surface area (Å²) >= 11 is 0. The van der Waals surface area contributed by atoms with Gasteiger partial charge in [0.1, 0.15) is 6.29 Å². The number of alkyl halides is 2. The first-order chi connectivity index (χ1) is 15.5. The number of carbonyl (C=O) groups is 1. The summed E-state index contributed by atoms with van der Waals surface area (Å²) in [5.41, 5.74) is 3.96. The summed E-state index contributed by atoms with van der Waals surface area (Å²) in [6.45, 7) is 3.19. The number of para-hydroxylation sites is 1. The summed E-state index contributed by atoms with van der Waals surface area (Å²) in [6.07, 6.45) is 4.46. The second kappa shape index (κ2) is 8.58. The molecule has 5 rings (SSSR count). The smallest absolute Gasteiger partial charge is 0.251 e. The number of hydrogen-bond acceptors (Lipinski definition) is 5. The molecule has 32 heavy (non-hydrogen) atoms. The van der Waals surface area contributed by atoms with Gasteiger partial charge in [0.15, 0.2) is 0 Å². The van der Waals surface area contributed by atoms with E-state index in [0.29, 0.717) is 12.4 Å². The van der Waals surface area contributed by atoms with Crippen molar-refractivity contribution >= 4 is 23.1 Å². The lowest BCUT2D eigenvalue weighted by molar-refractivity contribution is -0.111. The van der Waals surface area contributed by atoms with Crippen LogP contribution < -0.4 is 4.90 Å². The first-order valence-electron chi connectivity index (χ1n) is 11.2. The number of nitrogens with one attached hydrogen (secondary N) is 1. The van der Waals surface area contributed by atoms with Gasteiger partial charge in [-0.2, -0.15) is 0 Å². The number of hydrogen-bond donors (Lipinski definition) is 1. The fourth-order valence-corrected chi connectivity index (χ4v) is 5.18. The van der Waals surface area contributed by atoms with Gasteiger partial charge in [0, 0.05) is 59.6 Å². The van der Waals surface area contributed by atoms with E-state index in [4.69, 9.17) is 0 Å². The van der Waals surface area contributed by atoms with E-state index < -0.39 is 6.43 Å². The molecule has 2 aromatic heterocycles. The van der Waals surface area contributed by atoms with Gasteiger partial charge in [-0.15, -0.1) is 0 Å². The first-order valence-corrected chi connectivity index (χ1v) is 11.2. The maximum Gasteiger partial charge on any atom is 0.251 e. The number of aldehydes is 1. The van der Waals surface area contributed by atoms with Crippen LogP contribution in [0.5, 0.6) is 0 Å². The molecular formula is C24H27F2N5O. The van der Waals surface area contributed by atoms with Gasteiger partial charge in [0.25, 0.3) is 6.43 Å². The fraction of sp³-hybridized carbons (Fsp3) is 0.458. The highest BCUT2D eigenvalue weighted by Crippen LogP contribution is 2.40. The lowest BCUT2D eigenvalue weighted by Crippen LogP contribution is -2.45. The van der Waals surface area contributed by atoms with Crippen LogP contribution >= 0.6 is 0 Å². The molecule has 3 aromatic rings. The van der Waals surface area contributed by atoms with Crippen molar-refractivity contribution in [2.24, 2.45) is 5.92 Å². The number of carbonyl (C=O) groups excluding carboxylic acids is 1. The average molecular weight is 440 g/mol. The third-order valence-corrected chi connectivity index (χ3v) is 6.86. The van der Waals surface area contributed by atoms with E-state index in [1.165, 1.54) is 5.56 Å².